The molecule has 5 heteroatoms. The van der Waals surface area contributed by atoms with Crippen LogP contribution in [0.3, 0.4) is 0 Å². The third kappa shape index (κ3) is 4.27. The number of halogens is 1. The van der Waals surface area contributed by atoms with Gasteiger partial charge in [-0.2, -0.15) is 0 Å². The second kappa shape index (κ2) is 6.83. The second-order valence-corrected chi connectivity index (χ2v) is 4.74. The number of aliphatic carboxylic acids is 1. The highest BCUT2D eigenvalue weighted by molar-refractivity contribution is 5.70. The maximum atomic E-state index is 13.2. The van der Waals surface area contributed by atoms with Gasteiger partial charge >= 0.3 is 5.97 Å². The summed E-state index contributed by atoms with van der Waals surface area (Å²) in [5, 5.41) is 9.34. The average molecular weight is 289 g/mol. The van der Waals surface area contributed by atoms with Gasteiger partial charge in [-0.25, -0.2) is 9.37 Å². The molecule has 2 aromatic rings. The van der Waals surface area contributed by atoms with E-state index >= 15 is 0 Å². The molecule has 21 heavy (non-hydrogen) atoms. The van der Waals surface area contributed by atoms with Crippen molar-refractivity contribution in [3.8, 4) is 5.88 Å². The van der Waals surface area contributed by atoms with E-state index < -0.39 is 11.9 Å². The Hall–Kier alpha value is -2.43. The fourth-order valence-corrected chi connectivity index (χ4v) is 2.13. The lowest BCUT2D eigenvalue weighted by molar-refractivity contribution is -0.141. The number of aromatic nitrogens is 1. The van der Waals surface area contributed by atoms with Crippen molar-refractivity contribution in [3.63, 3.8) is 0 Å². The summed E-state index contributed by atoms with van der Waals surface area (Å²) in [5.74, 6) is -1.51. The van der Waals surface area contributed by atoms with Crippen LogP contribution >= 0.6 is 0 Å². The van der Waals surface area contributed by atoms with Gasteiger partial charge in [-0.3, -0.25) is 4.79 Å². The number of hydrogen-bond donors (Lipinski definition) is 1. The first-order valence-corrected chi connectivity index (χ1v) is 6.55. The highest BCUT2D eigenvalue weighted by Gasteiger charge is 2.19. The van der Waals surface area contributed by atoms with Crippen molar-refractivity contribution in [2.24, 2.45) is 5.92 Å². The molecule has 0 radical (unpaired) electrons. The van der Waals surface area contributed by atoms with Gasteiger partial charge < -0.3 is 9.84 Å². The Bertz CT molecular complexity index is 630. The Morgan fingerprint density at radius 3 is 2.71 bits per heavy atom. The lowest BCUT2D eigenvalue weighted by Crippen LogP contribution is -2.19. The van der Waals surface area contributed by atoms with Gasteiger partial charge in [0.1, 0.15) is 5.82 Å². The number of pyridine rings is 1. The first-order chi connectivity index (χ1) is 10.1. The van der Waals surface area contributed by atoms with Crippen molar-refractivity contribution in [1.29, 1.82) is 0 Å². The number of ether oxygens (including phenoxy) is 1. The molecule has 0 fully saturated rings. The molecule has 1 unspecified atom stereocenters. The van der Waals surface area contributed by atoms with Gasteiger partial charge in [-0.05, 0) is 30.2 Å². The van der Waals surface area contributed by atoms with Crippen LogP contribution in [0.5, 0.6) is 5.88 Å². The van der Waals surface area contributed by atoms with Crippen LogP contribution < -0.4 is 4.74 Å². The molecule has 2 rings (SSSR count). The molecular weight excluding hydrogens is 273 g/mol. The molecule has 1 aromatic heterocycles. The van der Waals surface area contributed by atoms with E-state index in [-0.39, 0.29) is 18.7 Å². The Morgan fingerprint density at radius 1 is 1.29 bits per heavy atom. The minimum Gasteiger partial charge on any atom is -0.481 e. The summed E-state index contributed by atoms with van der Waals surface area (Å²) < 4.78 is 18.2. The van der Waals surface area contributed by atoms with Crippen molar-refractivity contribution in [1.82, 2.24) is 4.98 Å². The van der Waals surface area contributed by atoms with Crippen LogP contribution in [0.25, 0.3) is 0 Å². The predicted molar refractivity (Wildman–Crippen MR) is 75.7 cm³/mol. The lowest BCUT2D eigenvalue weighted by Gasteiger charge is -2.12. The number of carboxylic acid groups (broad SMARTS) is 1. The van der Waals surface area contributed by atoms with Gasteiger partial charge in [0.2, 0.25) is 5.88 Å². The minimum absolute atomic E-state index is 0.256. The first-order valence-electron chi connectivity index (χ1n) is 6.55. The summed E-state index contributed by atoms with van der Waals surface area (Å²) in [7, 11) is 1.51. The Morgan fingerprint density at radius 2 is 2.05 bits per heavy atom. The number of nitrogens with zero attached hydrogens (tertiary/aromatic N) is 1. The molecule has 0 amide bonds. The first kappa shape index (κ1) is 15.0. The van der Waals surface area contributed by atoms with E-state index in [4.69, 9.17) is 4.74 Å². The molecule has 0 saturated carbocycles. The molecule has 1 N–H and O–H groups in total. The van der Waals surface area contributed by atoms with Crippen LogP contribution in [0.1, 0.15) is 11.3 Å². The summed E-state index contributed by atoms with van der Waals surface area (Å²) in [4.78, 5) is 15.6. The third-order valence-corrected chi connectivity index (χ3v) is 3.17. The van der Waals surface area contributed by atoms with Gasteiger partial charge in [0.25, 0.3) is 0 Å². The fourth-order valence-electron chi connectivity index (χ4n) is 2.13. The largest absolute Gasteiger partial charge is 0.481 e. The monoisotopic (exact) mass is 289 g/mol. The van der Waals surface area contributed by atoms with Crippen molar-refractivity contribution in [2.75, 3.05) is 7.11 Å². The molecule has 1 heterocycles. The molecular formula is C16H16FNO3. The van der Waals surface area contributed by atoms with Crippen LogP contribution in [-0.2, 0) is 17.6 Å². The summed E-state index contributed by atoms with van der Waals surface area (Å²) in [6.45, 7) is 0. The summed E-state index contributed by atoms with van der Waals surface area (Å²) >= 11 is 0. The Labute approximate surface area is 122 Å². The van der Waals surface area contributed by atoms with E-state index in [1.807, 2.05) is 0 Å². The Balaban J connectivity index is 2.13. The number of rotatable bonds is 6. The van der Waals surface area contributed by atoms with Gasteiger partial charge in [-0.15, -0.1) is 0 Å². The number of carboxylic acids is 1. The van der Waals surface area contributed by atoms with E-state index in [9.17, 15) is 14.3 Å². The third-order valence-electron chi connectivity index (χ3n) is 3.17. The average Bonchev–Trinajstić information content (AvgIpc) is 2.47. The number of carbonyl (C=O) groups is 1. The second-order valence-electron chi connectivity index (χ2n) is 4.74. The molecule has 0 spiro atoms. The van der Waals surface area contributed by atoms with Crippen LogP contribution in [-0.4, -0.2) is 23.2 Å². The molecule has 1 atom stereocenters. The Kier molecular flexibility index (Phi) is 4.87. The number of benzene rings is 1. The molecule has 0 bridgehead atoms. The molecule has 1 aromatic carbocycles. The fraction of sp³-hybridized carbons (Fsp3) is 0.250. The maximum Gasteiger partial charge on any atom is 0.307 e. The number of methoxy groups -OCH3 is 1. The van der Waals surface area contributed by atoms with Crippen molar-refractivity contribution >= 4 is 5.97 Å². The lowest BCUT2D eigenvalue weighted by atomic mass is 9.94. The summed E-state index contributed by atoms with van der Waals surface area (Å²) in [6, 6.07) is 11.2. The minimum atomic E-state index is -0.927. The van der Waals surface area contributed by atoms with E-state index in [1.54, 1.807) is 30.3 Å². The highest BCUT2D eigenvalue weighted by Crippen LogP contribution is 2.17. The van der Waals surface area contributed by atoms with Crippen LogP contribution in [0.2, 0.25) is 0 Å². The smallest absolute Gasteiger partial charge is 0.307 e. The van der Waals surface area contributed by atoms with E-state index in [0.29, 0.717) is 17.1 Å². The van der Waals surface area contributed by atoms with Gasteiger partial charge in [0.15, 0.2) is 0 Å². The van der Waals surface area contributed by atoms with E-state index in [1.165, 1.54) is 19.2 Å². The zero-order chi connectivity index (χ0) is 15.2. The summed E-state index contributed by atoms with van der Waals surface area (Å²) in [6.07, 6.45) is 0.523. The normalized spacial score (nSPS) is 11.9. The number of hydrogen-bond acceptors (Lipinski definition) is 3. The van der Waals surface area contributed by atoms with E-state index in [0.717, 1.165) is 0 Å². The zero-order valence-corrected chi connectivity index (χ0v) is 11.6. The zero-order valence-electron chi connectivity index (χ0n) is 11.6. The maximum absolute atomic E-state index is 13.2. The van der Waals surface area contributed by atoms with Gasteiger partial charge in [0, 0.05) is 18.2 Å². The molecule has 110 valence electrons. The highest BCUT2D eigenvalue weighted by atomic mass is 19.1. The topological polar surface area (TPSA) is 59.4 Å². The summed E-state index contributed by atoms with van der Waals surface area (Å²) in [5.41, 5.74) is 1.29. The van der Waals surface area contributed by atoms with Crippen LogP contribution in [0, 0.1) is 11.7 Å². The molecule has 0 aliphatic heterocycles. The molecule has 0 saturated heterocycles. The van der Waals surface area contributed by atoms with Gasteiger partial charge in [0.05, 0.1) is 13.0 Å². The quantitative estimate of drug-likeness (QED) is 0.888. The standard InChI is InChI=1S/C16H16FNO3/c1-21-15-7-3-6-14(18-15)10-12(16(19)20)8-11-4-2-5-13(17)9-11/h2-7,9,12H,8,10H2,1H3,(H,19,20). The van der Waals surface area contributed by atoms with Gasteiger partial charge in [-0.1, -0.05) is 18.2 Å². The van der Waals surface area contributed by atoms with Crippen LogP contribution in [0.4, 0.5) is 4.39 Å². The molecule has 4 nitrogen and oxygen atoms in total. The van der Waals surface area contributed by atoms with E-state index in [2.05, 4.69) is 4.98 Å². The van der Waals surface area contributed by atoms with Crippen molar-refractivity contribution in [2.45, 2.75) is 12.8 Å². The predicted octanol–water partition coefficient (Wildman–Crippen LogP) is 2.72. The molecule has 0 aliphatic rings. The van der Waals surface area contributed by atoms with Crippen LogP contribution in [0.15, 0.2) is 42.5 Å². The van der Waals surface area contributed by atoms with Crippen molar-refractivity contribution in [3.05, 3.63) is 59.5 Å². The van der Waals surface area contributed by atoms with Crippen molar-refractivity contribution < 1.29 is 19.0 Å². The SMILES string of the molecule is COc1cccc(CC(Cc2cccc(F)c2)C(=O)O)n1. The molecule has 0 aliphatic carbocycles.